The first-order valence-corrected chi connectivity index (χ1v) is 4.93. The summed E-state index contributed by atoms with van der Waals surface area (Å²) in [6.45, 7) is 6.44. The zero-order chi connectivity index (χ0) is 10.8. The first-order valence-electron chi connectivity index (χ1n) is 4.52. The molecule has 0 radical (unpaired) electrons. The van der Waals surface area contributed by atoms with Crippen LogP contribution in [0.25, 0.3) is 11.6 Å². The van der Waals surface area contributed by atoms with Crippen LogP contribution in [0.5, 0.6) is 0 Å². The van der Waals surface area contributed by atoms with Gasteiger partial charge in [0.15, 0.2) is 16.4 Å². The summed E-state index contributed by atoms with van der Waals surface area (Å²) in [5.74, 6) is 1.40. The Bertz CT molecular complexity index is 521. The molecule has 0 aromatic carbocycles. The summed E-state index contributed by atoms with van der Waals surface area (Å²) in [6.07, 6.45) is 1.61. The van der Waals surface area contributed by atoms with Crippen LogP contribution in [-0.4, -0.2) is 14.8 Å². The molecule has 0 aliphatic carbocycles. The van der Waals surface area contributed by atoms with Crippen LogP contribution in [0.3, 0.4) is 0 Å². The lowest BCUT2D eigenvalue weighted by Crippen LogP contribution is -2.00. The van der Waals surface area contributed by atoms with Gasteiger partial charge in [0, 0.05) is 6.54 Å². The summed E-state index contributed by atoms with van der Waals surface area (Å²) in [6, 6.07) is 3.66. The van der Waals surface area contributed by atoms with Crippen molar-refractivity contribution in [3.05, 3.63) is 35.3 Å². The molecule has 78 valence electrons. The number of furan rings is 1. The maximum Gasteiger partial charge on any atom is 0.198 e. The van der Waals surface area contributed by atoms with E-state index in [-0.39, 0.29) is 0 Å². The van der Waals surface area contributed by atoms with Crippen molar-refractivity contribution in [1.82, 2.24) is 14.8 Å². The van der Waals surface area contributed by atoms with Crippen molar-refractivity contribution in [3.8, 4) is 11.6 Å². The first kappa shape index (κ1) is 9.92. The number of aromatic nitrogens is 3. The lowest BCUT2D eigenvalue weighted by atomic mass is 10.3. The van der Waals surface area contributed by atoms with Gasteiger partial charge in [-0.15, -0.1) is 0 Å². The average molecular weight is 221 g/mol. The van der Waals surface area contributed by atoms with E-state index in [4.69, 9.17) is 16.6 Å². The number of nitrogens with zero attached hydrogens (tertiary/aromatic N) is 2. The van der Waals surface area contributed by atoms with Crippen molar-refractivity contribution < 1.29 is 4.42 Å². The van der Waals surface area contributed by atoms with Gasteiger partial charge in [-0.3, -0.25) is 9.67 Å². The van der Waals surface area contributed by atoms with Crippen molar-refractivity contribution in [2.24, 2.45) is 0 Å². The predicted molar refractivity (Wildman–Crippen MR) is 59.9 cm³/mol. The Morgan fingerprint density at radius 3 is 3.13 bits per heavy atom. The second kappa shape index (κ2) is 3.86. The van der Waals surface area contributed by atoms with E-state index >= 15 is 0 Å². The third kappa shape index (κ3) is 1.92. The molecule has 0 aliphatic heterocycles. The minimum Gasteiger partial charge on any atom is -0.461 e. The van der Waals surface area contributed by atoms with Crippen LogP contribution < -0.4 is 0 Å². The molecule has 0 aliphatic rings. The molecule has 15 heavy (non-hydrogen) atoms. The lowest BCUT2D eigenvalue weighted by molar-refractivity contribution is 0.571. The van der Waals surface area contributed by atoms with Gasteiger partial charge in [-0.2, -0.15) is 5.10 Å². The van der Waals surface area contributed by atoms with Crippen LogP contribution >= 0.6 is 12.2 Å². The molecular weight excluding hydrogens is 210 g/mol. The van der Waals surface area contributed by atoms with Crippen molar-refractivity contribution in [1.29, 1.82) is 0 Å². The number of nitrogens with one attached hydrogen (secondary N) is 1. The monoisotopic (exact) mass is 221 g/mol. The van der Waals surface area contributed by atoms with Crippen LogP contribution in [0.2, 0.25) is 0 Å². The molecule has 0 spiro atoms. The first-order chi connectivity index (χ1) is 7.18. The van der Waals surface area contributed by atoms with Crippen molar-refractivity contribution in [2.75, 3.05) is 0 Å². The third-order valence-corrected chi connectivity index (χ3v) is 2.24. The molecule has 2 heterocycles. The molecule has 2 rings (SSSR count). The molecule has 0 fully saturated rings. The maximum absolute atomic E-state index is 5.28. The average Bonchev–Trinajstić information content (AvgIpc) is 2.76. The molecule has 0 unspecified atom stereocenters. The zero-order valence-corrected chi connectivity index (χ0v) is 9.17. The summed E-state index contributed by atoms with van der Waals surface area (Å²) in [4.78, 5) is 0. The van der Waals surface area contributed by atoms with E-state index in [1.807, 2.05) is 23.6 Å². The van der Waals surface area contributed by atoms with Gasteiger partial charge < -0.3 is 4.42 Å². The molecule has 0 saturated heterocycles. The summed E-state index contributed by atoms with van der Waals surface area (Å²) in [5.41, 5.74) is 1.01. The molecule has 1 N–H and O–H groups in total. The Labute approximate surface area is 92.2 Å². The second-order valence-corrected chi connectivity index (χ2v) is 3.76. The minimum absolute atomic E-state index is 0.574. The highest BCUT2D eigenvalue weighted by atomic mass is 32.1. The van der Waals surface area contributed by atoms with Gasteiger partial charge in [0.25, 0.3) is 0 Å². The Morgan fingerprint density at radius 1 is 1.73 bits per heavy atom. The molecular formula is C10H11N3OS. The van der Waals surface area contributed by atoms with E-state index < -0.39 is 0 Å². The van der Waals surface area contributed by atoms with Gasteiger partial charge >= 0.3 is 0 Å². The van der Waals surface area contributed by atoms with E-state index in [1.54, 1.807) is 6.26 Å². The van der Waals surface area contributed by atoms with Crippen LogP contribution in [0, 0.1) is 4.77 Å². The van der Waals surface area contributed by atoms with Crippen LogP contribution in [0.4, 0.5) is 0 Å². The quantitative estimate of drug-likeness (QED) is 0.640. The van der Waals surface area contributed by atoms with Crippen LogP contribution in [0.1, 0.15) is 6.92 Å². The van der Waals surface area contributed by atoms with Crippen LogP contribution in [0.15, 0.2) is 35.0 Å². The fraction of sp³-hybridized carbons (Fsp3) is 0.200. The van der Waals surface area contributed by atoms with Gasteiger partial charge in [-0.05, 0) is 31.3 Å². The zero-order valence-electron chi connectivity index (χ0n) is 8.36. The highest BCUT2D eigenvalue weighted by molar-refractivity contribution is 7.71. The molecule has 0 saturated carbocycles. The molecule has 4 nitrogen and oxygen atoms in total. The van der Waals surface area contributed by atoms with Gasteiger partial charge in [-0.1, -0.05) is 12.2 Å². The van der Waals surface area contributed by atoms with E-state index in [0.29, 0.717) is 22.9 Å². The summed E-state index contributed by atoms with van der Waals surface area (Å²) < 4.78 is 7.71. The highest BCUT2D eigenvalue weighted by Crippen LogP contribution is 2.18. The van der Waals surface area contributed by atoms with Crippen molar-refractivity contribution in [2.45, 2.75) is 13.5 Å². The number of H-pyrrole nitrogens is 1. The smallest absolute Gasteiger partial charge is 0.198 e. The SMILES string of the molecule is C=C(C)Cn1c(-c2ccco2)n[nH]c1=S. The number of aromatic amines is 1. The number of hydrogen-bond acceptors (Lipinski definition) is 3. The van der Waals surface area contributed by atoms with Crippen molar-refractivity contribution in [3.63, 3.8) is 0 Å². The van der Waals surface area contributed by atoms with E-state index in [9.17, 15) is 0 Å². The Hall–Kier alpha value is -1.62. The standard InChI is InChI=1S/C10H11N3OS/c1-7(2)6-13-9(11-12-10(13)15)8-4-3-5-14-8/h3-5H,1,6H2,2H3,(H,12,15). The molecule has 2 aromatic heterocycles. The molecule has 2 aromatic rings. The van der Waals surface area contributed by atoms with E-state index in [1.165, 1.54) is 0 Å². The van der Waals surface area contributed by atoms with E-state index in [0.717, 1.165) is 5.57 Å². The fourth-order valence-corrected chi connectivity index (χ4v) is 1.52. The summed E-state index contributed by atoms with van der Waals surface area (Å²) in [7, 11) is 0. The third-order valence-electron chi connectivity index (χ3n) is 1.93. The Kier molecular flexibility index (Phi) is 2.55. The molecule has 0 bridgehead atoms. The Balaban J connectivity index is 2.49. The minimum atomic E-state index is 0.574. The van der Waals surface area contributed by atoms with Crippen molar-refractivity contribution >= 4 is 12.2 Å². The lowest BCUT2D eigenvalue weighted by Gasteiger charge is -2.03. The topological polar surface area (TPSA) is 46.8 Å². The molecule has 0 amide bonds. The fourth-order valence-electron chi connectivity index (χ4n) is 1.33. The maximum atomic E-state index is 5.28. The van der Waals surface area contributed by atoms with Gasteiger partial charge in [-0.25, -0.2) is 0 Å². The summed E-state index contributed by atoms with van der Waals surface area (Å²) in [5, 5.41) is 6.87. The number of allylic oxidation sites excluding steroid dienone is 1. The Morgan fingerprint density at radius 2 is 2.53 bits per heavy atom. The normalized spacial score (nSPS) is 10.5. The van der Waals surface area contributed by atoms with Gasteiger partial charge in [0.2, 0.25) is 0 Å². The van der Waals surface area contributed by atoms with E-state index in [2.05, 4.69) is 16.8 Å². The molecule has 5 heteroatoms. The largest absolute Gasteiger partial charge is 0.461 e. The second-order valence-electron chi connectivity index (χ2n) is 3.37. The number of hydrogen-bond donors (Lipinski definition) is 1. The highest BCUT2D eigenvalue weighted by Gasteiger charge is 2.10. The van der Waals surface area contributed by atoms with Gasteiger partial charge in [0.1, 0.15) is 0 Å². The van der Waals surface area contributed by atoms with Gasteiger partial charge in [0.05, 0.1) is 6.26 Å². The number of rotatable bonds is 3. The summed E-state index contributed by atoms with van der Waals surface area (Å²) >= 11 is 5.13. The van der Waals surface area contributed by atoms with Crippen LogP contribution in [-0.2, 0) is 6.54 Å². The molecule has 0 atom stereocenters. The predicted octanol–water partition coefficient (Wildman–Crippen LogP) is 2.78.